The zero-order valence-corrected chi connectivity index (χ0v) is 19.3. The van der Waals surface area contributed by atoms with Gasteiger partial charge in [0.05, 0.1) is 5.51 Å². The van der Waals surface area contributed by atoms with Crippen LogP contribution in [0.15, 0.2) is 48.1 Å². The summed E-state index contributed by atoms with van der Waals surface area (Å²) in [5.74, 6) is 1.37. The van der Waals surface area contributed by atoms with E-state index in [0.29, 0.717) is 11.9 Å². The first-order valence-corrected chi connectivity index (χ1v) is 11.7. The standard InChI is InChI=1S/C22H22N6S.C2H6/c1-14-8-9-16(12-23-14)20-26-21(19-22(27-20)29-13-24-19)25-17-6-3-7-18(11-17)28-10-4-5-15(28)2;1-2/h3,6-9,11-13,15H,4-5,10H2,1-2H3,(H,25,26,27);1-2H3. The van der Waals surface area contributed by atoms with Crippen LogP contribution < -0.4 is 10.2 Å². The fraction of sp³-hybridized carbons (Fsp3) is 0.333. The molecule has 1 aliphatic rings. The van der Waals surface area contributed by atoms with E-state index < -0.39 is 0 Å². The first-order chi connectivity index (χ1) is 15.2. The van der Waals surface area contributed by atoms with Gasteiger partial charge in [0, 0.05) is 41.4 Å². The molecule has 6 nitrogen and oxygen atoms in total. The Labute approximate surface area is 187 Å². The second-order valence-corrected chi connectivity index (χ2v) is 8.28. The van der Waals surface area contributed by atoms with Gasteiger partial charge in [-0.15, -0.1) is 11.3 Å². The van der Waals surface area contributed by atoms with Crippen LogP contribution >= 0.6 is 11.3 Å². The normalized spacial score (nSPS) is 15.6. The molecule has 1 saturated heterocycles. The Morgan fingerprint density at radius 2 is 1.97 bits per heavy atom. The average molecular weight is 433 g/mol. The molecule has 0 bridgehead atoms. The maximum absolute atomic E-state index is 4.78. The number of nitrogens with one attached hydrogen (secondary N) is 1. The topological polar surface area (TPSA) is 66.8 Å². The third-order valence-corrected chi connectivity index (χ3v) is 6.08. The van der Waals surface area contributed by atoms with E-state index in [9.17, 15) is 0 Å². The van der Waals surface area contributed by atoms with Gasteiger partial charge in [-0.05, 0) is 57.0 Å². The van der Waals surface area contributed by atoms with Crippen LogP contribution in [0.1, 0.15) is 39.3 Å². The lowest BCUT2D eigenvalue weighted by molar-refractivity contribution is 0.735. The predicted octanol–water partition coefficient (Wildman–Crippen LogP) is 6.22. The molecule has 0 radical (unpaired) electrons. The van der Waals surface area contributed by atoms with Crippen molar-refractivity contribution in [2.24, 2.45) is 0 Å². The molecule has 4 aromatic rings. The van der Waals surface area contributed by atoms with Crippen LogP contribution in [0.5, 0.6) is 0 Å². The van der Waals surface area contributed by atoms with Crippen molar-refractivity contribution in [3.05, 3.63) is 53.8 Å². The van der Waals surface area contributed by atoms with E-state index >= 15 is 0 Å². The number of pyridine rings is 1. The molecule has 7 heteroatoms. The highest BCUT2D eigenvalue weighted by molar-refractivity contribution is 7.16. The minimum absolute atomic E-state index is 0.579. The third-order valence-electron chi connectivity index (χ3n) is 5.36. The van der Waals surface area contributed by atoms with Gasteiger partial charge in [-0.25, -0.2) is 15.0 Å². The van der Waals surface area contributed by atoms with Crippen LogP contribution in [0.3, 0.4) is 0 Å². The number of anilines is 3. The number of fused-ring (bicyclic) bond motifs is 1. The van der Waals surface area contributed by atoms with E-state index in [1.54, 1.807) is 0 Å². The molecule has 5 rings (SSSR count). The van der Waals surface area contributed by atoms with E-state index in [-0.39, 0.29) is 0 Å². The maximum Gasteiger partial charge on any atom is 0.164 e. The van der Waals surface area contributed by atoms with E-state index in [1.807, 2.05) is 44.6 Å². The Bertz CT molecular complexity index is 1150. The van der Waals surface area contributed by atoms with Crippen molar-refractivity contribution in [2.75, 3.05) is 16.8 Å². The van der Waals surface area contributed by atoms with Crippen molar-refractivity contribution in [1.29, 1.82) is 0 Å². The Morgan fingerprint density at radius 1 is 1.10 bits per heavy atom. The molecular formula is C24H28N6S. The summed E-state index contributed by atoms with van der Waals surface area (Å²) < 4.78 is 0. The minimum Gasteiger partial charge on any atom is -0.369 e. The van der Waals surface area contributed by atoms with Gasteiger partial charge in [-0.3, -0.25) is 4.98 Å². The number of aryl methyl sites for hydroxylation is 1. The molecule has 0 aliphatic carbocycles. The molecule has 0 saturated carbocycles. The van der Waals surface area contributed by atoms with E-state index in [4.69, 9.17) is 4.98 Å². The summed E-state index contributed by atoms with van der Waals surface area (Å²) in [6.07, 6.45) is 4.31. The summed E-state index contributed by atoms with van der Waals surface area (Å²) in [5, 5.41) is 3.48. The number of thiazole rings is 1. The highest BCUT2D eigenvalue weighted by atomic mass is 32.1. The molecule has 1 N–H and O–H groups in total. The van der Waals surface area contributed by atoms with Crippen molar-refractivity contribution >= 4 is 38.9 Å². The van der Waals surface area contributed by atoms with E-state index in [0.717, 1.165) is 39.7 Å². The Morgan fingerprint density at radius 3 is 2.71 bits per heavy atom. The van der Waals surface area contributed by atoms with E-state index in [2.05, 4.69) is 56.4 Å². The fourth-order valence-corrected chi connectivity index (χ4v) is 4.45. The molecule has 4 heterocycles. The summed E-state index contributed by atoms with van der Waals surface area (Å²) in [6.45, 7) is 9.37. The van der Waals surface area contributed by atoms with Gasteiger partial charge >= 0.3 is 0 Å². The van der Waals surface area contributed by atoms with Crippen LogP contribution in [0, 0.1) is 6.92 Å². The minimum atomic E-state index is 0.579. The quantitative estimate of drug-likeness (QED) is 0.413. The molecule has 160 valence electrons. The molecule has 31 heavy (non-hydrogen) atoms. The van der Waals surface area contributed by atoms with Crippen LogP contribution in [0.25, 0.3) is 21.7 Å². The average Bonchev–Trinajstić information content (AvgIpc) is 3.45. The van der Waals surface area contributed by atoms with E-state index in [1.165, 1.54) is 29.9 Å². The highest BCUT2D eigenvalue weighted by Gasteiger charge is 2.20. The molecule has 1 unspecified atom stereocenters. The van der Waals surface area contributed by atoms with Gasteiger partial charge in [0.25, 0.3) is 0 Å². The molecule has 1 aromatic carbocycles. The van der Waals surface area contributed by atoms with Crippen LogP contribution in [-0.4, -0.2) is 32.5 Å². The highest BCUT2D eigenvalue weighted by Crippen LogP contribution is 2.31. The first kappa shape index (κ1) is 21.2. The van der Waals surface area contributed by atoms with Crippen LogP contribution in [0.4, 0.5) is 17.2 Å². The largest absolute Gasteiger partial charge is 0.369 e. The van der Waals surface area contributed by atoms with Gasteiger partial charge in [0.1, 0.15) is 10.3 Å². The maximum atomic E-state index is 4.78. The Hall–Kier alpha value is -3.06. The number of nitrogens with zero attached hydrogens (tertiary/aromatic N) is 5. The summed E-state index contributed by atoms with van der Waals surface area (Å²) in [5.41, 5.74) is 6.71. The molecule has 1 fully saturated rings. The zero-order valence-electron chi connectivity index (χ0n) is 18.5. The number of hydrogen-bond acceptors (Lipinski definition) is 7. The Kier molecular flexibility index (Phi) is 6.42. The number of aromatic nitrogens is 4. The summed E-state index contributed by atoms with van der Waals surface area (Å²) >= 11 is 1.52. The van der Waals surface area contributed by atoms with Gasteiger partial charge < -0.3 is 10.2 Å². The fourth-order valence-electron chi connectivity index (χ4n) is 3.79. The number of hydrogen-bond donors (Lipinski definition) is 1. The lowest BCUT2D eigenvalue weighted by Crippen LogP contribution is -2.26. The van der Waals surface area contributed by atoms with Crippen LogP contribution in [-0.2, 0) is 0 Å². The first-order valence-electron chi connectivity index (χ1n) is 10.9. The lowest BCUT2D eigenvalue weighted by Gasteiger charge is -2.24. The van der Waals surface area contributed by atoms with Gasteiger partial charge in [0.2, 0.25) is 0 Å². The number of rotatable bonds is 4. The van der Waals surface area contributed by atoms with Crippen molar-refractivity contribution in [2.45, 2.75) is 46.6 Å². The lowest BCUT2D eigenvalue weighted by atomic mass is 10.2. The van der Waals surface area contributed by atoms with Crippen molar-refractivity contribution in [3.63, 3.8) is 0 Å². The zero-order chi connectivity index (χ0) is 21.8. The van der Waals surface area contributed by atoms with Crippen molar-refractivity contribution < 1.29 is 0 Å². The molecule has 1 aliphatic heterocycles. The molecular weight excluding hydrogens is 404 g/mol. The second-order valence-electron chi connectivity index (χ2n) is 7.45. The molecule has 3 aromatic heterocycles. The Balaban J connectivity index is 0.00000112. The number of benzene rings is 1. The van der Waals surface area contributed by atoms with Crippen molar-refractivity contribution in [3.8, 4) is 11.4 Å². The van der Waals surface area contributed by atoms with Gasteiger partial charge in [0.15, 0.2) is 11.6 Å². The summed E-state index contributed by atoms with van der Waals surface area (Å²) in [7, 11) is 0. The smallest absolute Gasteiger partial charge is 0.164 e. The van der Waals surface area contributed by atoms with Crippen molar-refractivity contribution in [1.82, 2.24) is 19.9 Å². The third kappa shape index (κ3) is 4.51. The molecule has 1 atom stereocenters. The SMILES string of the molecule is CC.Cc1ccc(-c2nc(Nc3cccc(N4CCCC4C)c3)c3ncsc3n2)cn1. The summed E-state index contributed by atoms with van der Waals surface area (Å²) in [6, 6.07) is 13.1. The molecule has 0 spiro atoms. The summed E-state index contributed by atoms with van der Waals surface area (Å²) in [4.78, 5) is 21.7. The second kappa shape index (κ2) is 9.39. The monoisotopic (exact) mass is 432 g/mol. The van der Waals surface area contributed by atoms with Gasteiger partial charge in [-0.1, -0.05) is 19.9 Å². The molecule has 0 amide bonds. The predicted molar refractivity (Wildman–Crippen MR) is 130 cm³/mol. The van der Waals surface area contributed by atoms with Gasteiger partial charge in [-0.2, -0.15) is 0 Å². The van der Waals surface area contributed by atoms with Crippen LogP contribution in [0.2, 0.25) is 0 Å².